The van der Waals surface area contributed by atoms with Crippen molar-refractivity contribution in [2.75, 3.05) is 31.3 Å². The number of halogens is 1. The van der Waals surface area contributed by atoms with Crippen molar-refractivity contribution < 1.29 is 9.13 Å². The third-order valence-electron chi connectivity index (χ3n) is 4.79. The first-order valence-electron chi connectivity index (χ1n) is 9.19. The van der Waals surface area contributed by atoms with Crippen LogP contribution < -0.4 is 15.4 Å². The van der Waals surface area contributed by atoms with Crippen molar-refractivity contribution in [3.63, 3.8) is 0 Å². The van der Waals surface area contributed by atoms with E-state index in [2.05, 4.69) is 15.1 Å². The number of ether oxygens (including phenoxy) is 1. The molecule has 4 aromatic rings. The molecule has 0 spiro atoms. The van der Waals surface area contributed by atoms with Crippen LogP contribution in [0.25, 0.3) is 28.0 Å². The summed E-state index contributed by atoms with van der Waals surface area (Å²) in [5, 5.41) is 5.19. The van der Waals surface area contributed by atoms with Crippen molar-refractivity contribution in [3.8, 4) is 22.7 Å². The van der Waals surface area contributed by atoms with Crippen LogP contribution in [-0.2, 0) is 0 Å². The summed E-state index contributed by atoms with van der Waals surface area (Å²) in [4.78, 5) is 11.1. The summed E-state index contributed by atoms with van der Waals surface area (Å²) in [6.07, 6.45) is 0. The van der Waals surface area contributed by atoms with Gasteiger partial charge in [0.15, 0.2) is 5.65 Å². The molecule has 8 heteroatoms. The maximum Gasteiger partial charge on any atom is 0.227 e. The summed E-state index contributed by atoms with van der Waals surface area (Å²) >= 11 is 0. The molecule has 2 N–H and O–H groups in total. The van der Waals surface area contributed by atoms with E-state index in [4.69, 9.17) is 10.5 Å². The summed E-state index contributed by atoms with van der Waals surface area (Å²) in [7, 11) is 3.50. The minimum absolute atomic E-state index is 0.347. The van der Waals surface area contributed by atoms with Crippen LogP contribution in [0.4, 0.5) is 16.2 Å². The zero-order valence-corrected chi connectivity index (χ0v) is 16.4. The summed E-state index contributed by atoms with van der Waals surface area (Å²) in [6, 6.07) is 13.6. The Morgan fingerprint density at radius 3 is 2.55 bits per heavy atom. The molecule has 2 aromatic carbocycles. The number of benzene rings is 2. The molecular formula is C21H21FN6O. The fourth-order valence-corrected chi connectivity index (χ4v) is 3.08. The van der Waals surface area contributed by atoms with Gasteiger partial charge in [-0.15, -0.1) is 5.10 Å². The predicted octanol–water partition coefficient (Wildman–Crippen LogP) is 3.67. The number of aromatic nitrogens is 4. The zero-order chi connectivity index (χ0) is 20.5. The van der Waals surface area contributed by atoms with Gasteiger partial charge < -0.3 is 15.4 Å². The quantitative estimate of drug-likeness (QED) is 0.558. The Bertz CT molecular complexity index is 1170. The van der Waals surface area contributed by atoms with Gasteiger partial charge in [-0.2, -0.15) is 4.98 Å². The molecule has 0 fully saturated rings. The minimum atomic E-state index is -0.347. The second-order valence-electron chi connectivity index (χ2n) is 6.59. The van der Waals surface area contributed by atoms with Crippen molar-refractivity contribution in [3.05, 3.63) is 54.3 Å². The summed E-state index contributed by atoms with van der Waals surface area (Å²) < 4.78 is 20.7. The highest BCUT2D eigenvalue weighted by Crippen LogP contribution is 2.33. The van der Waals surface area contributed by atoms with Gasteiger partial charge in [0, 0.05) is 19.2 Å². The average molecular weight is 392 g/mol. The van der Waals surface area contributed by atoms with E-state index in [0.717, 1.165) is 11.4 Å². The zero-order valence-electron chi connectivity index (χ0n) is 16.4. The third-order valence-corrected chi connectivity index (χ3v) is 4.79. The highest BCUT2D eigenvalue weighted by Gasteiger charge is 2.20. The lowest BCUT2D eigenvalue weighted by molar-refractivity contribution is 0.414. The normalized spacial score (nSPS) is 11.0. The smallest absolute Gasteiger partial charge is 0.227 e. The van der Waals surface area contributed by atoms with Gasteiger partial charge in [-0.3, -0.25) is 0 Å². The summed E-state index contributed by atoms with van der Waals surface area (Å²) in [5.41, 5.74) is 8.82. The molecule has 4 rings (SSSR count). The number of anilines is 2. The van der Waals surface area contributed by atoms with E-state index in [1.165, 1.54) is 12.1 Å². The van der Waals surface area contributed by atoms with Crippen LogP contribution in [0.1, 0.15) is 6.92 Å². The molecule has 0 bridgehead atoms. The van der Waals surface area contributed by atoms with Crippen LogP contribution in [-0.4, -0.2) is 40.5 Å². The number of nitrogens with zero attached hydrogens (tertiary/aromatic N) is 5. The molecule has 0 atom stereocenters. The second kappa shape index (κ2) is 7.38. The predicted molar refractivity (Wildman–Crippen MR) is 112 cm³/mol. The van der Waals surface area contributed by atoms with Crippen molar-refractivity contribution >= 4 is 22.8 Å². The first-order valence-corrected chi connectivity index (χ1v) is 9.19. The molecule has 0 unspecified atom stereocenters. The first kappa shape index (κ1) is 18.7. The lowest BCUT2D eigenvalue weighted by Crippen LogP contribution is -2.19. The monoisotopic (exact) mass is 392 g/mol. The standard InChI is InChI=1S/C21H21FN6O/c1-4-27(2)21-24-18(13-6-5-7-14(22)12-13)17-19(23)28(26-20(17)25-21)15-8-10-16(29-3)11-9-15/h5-12H,4,23H2,1-3H3. The number of nitrogen functional groups attached to an aromatic ring is 1. The van der Waals surface area contributed by atoms with Crippen LogP contribution in [0, 0.1) is 5.82 Å². The molecule has 0 aliphatic heterocycles. The Labute approximate surface area is 167 Å². The highest BCUT2D eigenvalue weighted by atomic mass is 19.1. The topological polar surface area (TPSA) is 82.1 Å². The molecule has 0 amide bonds. The molecule has 29 heavy (non-hydrogen) atoms. The van der Waals surface area contributed by atoms with Gasteiger partial charge in [-0.05, 0) is 43.3 Å². The lowest BCUT2D eigenvalue weighted by atomic mass is 10.1. The summed E-state index contributed by atoms with van der Waals surface area (Å²) in [5.74, 6) is 1.27. The number of methoxy groups -OCH3 is 1. The van der Waals surface area contributed by atoms with Gasteiger partial charge in [0.2, 0.25) is 5.95 Å². The van der Waals surface area contributed by atoms with Crippen molar-refractivity contribution in [2.24, 2.45) is 0 Å². The molecule has 0 aliphatic carbocycles. The lowest BCUT2D eigenvalue weighted by Gasteiger charge is -2.15. The summed E-state index contributed by atoms with van der Waals surface area (Å²) in [6.45, 7) is 2.71. The molecule has 2 heterocycles. The number of fused-ring (bicyclic) bond motifs is 1. The van der Waals surface area contributed by atoms with Crippen molar-refractivity contribution in [2.45, 2.75) is 6.92 Å². The Kier molecular flexibility index (Phi) is 4.75. The van der Waals surface area contributed by atoms with Crippen LogP contribution in [0.15, 0.2) is 48.5 Å². The van der Waals surface area contributed by atoms with Crippen molar-refractivity contribution in [1.29, 1.82) is 0 Å². The van der Waals surface area contributed by atoms with E-state index in [1.54, 1.807) is 23.9 Å². The van der Waals surface area contributed by atoms with E-state index in [-0.39, 0.29) is 5.82 Å². The van der Waals surface area contributed by atoms with Crippen LogP contribution in [0.3, 0.4) is 0 Å². The molecule has 0 aliphatic rings. The molecule has 0 radical (unpaired) electrons. The van der Waals surface area contributed by atoms with E-state index < -0.39 is 0 Å². The third kappa shape index (κ3) is 3.33. The van der Waals surface area contributed by atoms with Gasteiger partial charge in [-0.25, -0.2) is 14.1 Å². The highest BCUT2D eigenvalue weighted by molar-refractivity contribution is 5.99. The molecular weight excluding hydrogens is 371 g/mol. The molecule has 7 nitrogen and oxygen atoms in total. The van der Waals surface area contributed by atoms with Crippen molar-refractivity contribution in [1.82, 2.24) is 19.7 Å². The van der Waals surface area contributed by atoms with Crippen LogP contribution >= 0.6 is 0 Å². The number of hydrogen-bond donors (Lipinski definition) is 1. The van der Waals surface area contributed by atoms with Gasteiger partial charge in [-0.1, -0.05) is 12.1 Å². The van der Waals surface area contributed by atoms with Gasteiger partial charge in [0.25, 0.3) is 0 Å². The Balaban J connectivity index is 1.98. The van der Waals surface area contributed by atoms with E-state index in [1.807, 2.05) is 43.1 Å². The fraction of sp³-hybridized carbons (Fsp3) is 0.190. The van der Waals surface area contributed by atoms with Crippen LogP contribution in [0.5, 0.6) is 5.75 Å². The van der Waals surface area contributed by atoms with Gasteiger partial charge >= 0.3 is 0 Å². The Morgan fingerprint density at radius 2 is 1.90 bits per heavy atom. The van der Waals surface area contributed by atoms with Gasteiger partial charge in [0.1, 0.15) is 17.4 Å². The van der Waals surface area contributed by atoms with Gasteiger partial charge in [0.05, 0.1) is 23.9 Å². The number of nitrogens with two attached hydrogens (primary N) is 1. The SMILES string of the molecule is CCN(C)c1nc(-c2cccc(F)c2)c2c(N)n(-c3ccc(OC)cc3)nc2n1. The number of rotatable bonds is 5. The Morgan fingerprint density at radius 1 is 1.14 bits per heavy atom. The van der Waals surface area contributed by atoms with E-state index in [0.29, 0.717) is 40.6 Å². The first-order chi connectivity index (χ1) is 14.0. The minimum Gasteiger partial charge on any atom is -0.497 e. The van der Waals surface area contributed by atoms with E-state index in [9.17, 15) is 4.39 Å². The maximum absolute atomic E-state index is 13.9. The fourth-order valence-electron chi connectivity index (χ4n) is 3.08. The van der Waals surface area contributed by atoms with Crippen LogP contribution in [0.2, 0.25) is 0 Å². The molecule has 2 aromatic heterocycles. The Hall–Kier alpha value is -3.68. The largest absolute Gasteiger partial charge is 0.497 e. The molecule has 148 valence electrons. The molecule has 0 saturated heterocycles. The second-order valence-corrected chi connectivity index (χ2v) is 6.59. The number of hydrogen-bond acceptors (Lipinski definition) is 6. The average Bonchev–Trinajstić information content (AvgIpc) is 3.09. The maximum atomic E-state index is 13.9. The molecule has 0 saturated carbocycles. The van der Waals surface area contributed by atoms with E-state index >= 15 is 0 Å².